The van der Waals surface area contributed by atoms with Crippen molar-refractivity contribution in [1.29, 1.82) is 0 Å². The summed E-state index contributed by atoms with van der Waals surface area (Å²) in [7, 11) is 6.24. The van der Waals surface area contributed by atoms with E-state index in [0.717, 1.165) is 0 Å². The van der Waals surface area contributed by atoms with Crippen molar-refractivity contribution in [1.82, 2.24) is 5.32 Å². The molecule has 2 aromatic rings. The Morgan fingerprint density at radius 3 is 2.62 bits per heavy atom. The number of aryl methyl sites for hydroxylation is 1. The number of nitrogens with zero attached hydrogens (tertiary/aromatic N) is 1. The Bertz CT molecular complexity index is 631. The molecule has 21 heavy (non-hydrogen) atoms. The predicted molar refractivity (Wildman–Crippen MR) is 90.9 cm³/mol. The summed E-state index contributed by atoms with van der Waals surface area (Å²) in [5.41, 5.74) is 6.85. The van der Waals surface area contributed by atoms with Gasteiger partial charge in [0.1, 0.15) is 0 Å². The highest BCUT2D eigenvalue weighted by molar-refractivity contribution is 5.69. The van der Waals surface area contributed by atoms with Crippen molar-refractivity contribution in [3.63, 3.8) is 0 Å². The highest BCUT2D eigenvalue weighted by atomic mass is 15.1. The second-order valence-electron chi connectivity index (χ2n) is 6.09. The first-order chi connectivity index (χ1) is 10.2. The number of anilines is 1. The van der Waals surface area contributed by atoms with Gasteiger partial charge >= 0.3 is 0 Å². The molecular formula is C19H24N2. The molecule has 0 aromatic heterocycles. The highest BCUT2D eigenvalue weighted by Crippen LogP contribution is 2.33. The van der Waals surface area contributed by atoms with E-state index in [-0.39, 0.29) is 0 Å². The fourth-order valence-corrected chi connectivity index (χ4v) is 3.24. The van der Waals surface area contributed by atoms with Crippen LogP contribution in [0.25, 0.3) is 11.1 Å². The average molecular weight is 280 g/mol. The number of benzene rings is 2. The van der Waals surface area contributed by atoms with E-state index in [1.807, 2.05) is 0 Å². The molecule has 0 radical (unpaired) electrons. The van der Waals surface area contributed by atoms with E-state index in [9.17, 15) is 0 Å². The number of fused-ring (bicyclic) bond motifs is 1. The molecular weight excluding hydrogens is 256 g/mol. The summed E-state index contributed by atoms with van der Waals surface area (Å²) in [6, 6.07) is 16.2. The molecule has 0 bridgehead atoms. The number of hydrogen-bond donors (Lipinski definition) is 1. The van der Waals surface area contributed by atoms with E-state index in [0.29, 0.717) is 6.04 Å². The van der Waals surface area contributed by atoms with Crippen LogP contribution in [-0.4, -0.2) is 21.1 Å². The molecule has 2 heteroatoms. The van der Waals surface area contributed by atoms with Gasteiger partial charge in [-0.05, 0) is 66.8 Å². The largest absolute Gasteiger partial charge is 0.378 e. The van der Waals surface area contributed by atoms with Crippen LogP contribution >= 0.6 is 0 Å². The molecule has 110 valence electrons. The average Bonchev–Trinajstić information content (AvgIpc) is 2.53. The maximum Gasteiger partial charge on any atom is 0.0367 e. The van der Waals surface area contributed by atoms with Crippen molar-refractivity contribution in [2.45, 2.75) is 25.3 Å². The lowest BCUT2D eigenvalue weighted by Crippen LogP contribution is -2.21. The number of rotatable bonds is 3. The van der Waals surface area contributed by atoms with E-state index in [1.165, 1.54) is 47.2 Å². The molecule has 0 aliphatic heterocycles. The van der Waals surface area contributed by atoms with Crippen LogP contribution in [-0.2, 0) is 6.42 Å². The summed E-state index contributed by atoms with van der Waals surface area (Å²) in [4.78, 5) is 2.15. The van der Waals surface area contributed by atoms with Gasteiger partial charge in [-0.1, -0.05) is 24.3 Å². The fraction of sp³-hybridized carbons (Fsp3) is 0.368. The fourth-order valence-electron chi connectivity index (χ4n) is 3.24. The predicted octanol–water partition coefficient (Wildman–Crippen LogP) is 4.02. The van der Waals surface area contributed by atoms with Crippen molar-refractivity contribution in [3.05, 3.63) is 53.6 Å². The minimum atomic E-state index is 0.505. The van der Waals surface area contributed by atoms with Gasteiger partial charge in [-0.3, -0.25) is 0 Å². The Labute approximate surface area is 127 Å². The molecule has 0 heterocycles. The van der Waals surface area contributed by atoms with Gasteiger partial charge in [0.2, 0.25) is 0 Å². The Kier molecular flexibility index (Phi) is 3.98. The Morgan fingerprint density at radius 2 is 1.86 bits per heavy atom. The van der Waals surface area contributed by atoms with E-state index in [2.05, 4.69) is 73.8 Å². The summed E-state index contributed by atoms with van der Waals surface area (Å²) < 4.78 is 0. The van der Waals surface area contributed by atoms with Crippen molar-refractivity contribution < 1.29 is 0 Å². The first kappa shape index (κ1) is 14.2. The SMILES string of the molecule is CNC1CCCc2ccc(-c3cccc(N(C)C)c3)cc21. The Hall–Kier alpha value is -1.80. The molecule has 2 nitrogen and oxygen atoms in total. The van der Waals surface area contributed by atoms with Gasteiger partial charge in [-0.25, -0.2) is 0 Å². The zero-order chi connectivity index (χ0) is 14.8. The quantitative estimate of drug-likeness (QED) is 0.913. The monoisotopic (exact) mass is 280 g/mol. The first-order valence-electron chi connectivity index (χ1n) is 7.77. The third kappa shape index (κ3) is 2.81. The van der Waals surface area contributed by atoms with Crippen LogP contribution in [0.15, 0.2) is 42.5 Å². The van der Waals surface area contributed by atoms with E-state index >= 15 is 0 Å². The minimum absolute atomic E-state index is 0.505. The zero-order valence-electron chi connectivity index (χ0n) is 13.2. The zero-order valence-corrected chi connectivity index (χ0v) is 13.2. The van der Waals surface area contributed by atoms with Crippen LogP contribution < -0.4 is 10.2 Å². The Balaban J connectivity index is 2.02. The molecule has 1 atom stereocenters. The van der Waals surface area contributed by atoms with Gasteiger partial charge in [0.05, 0.1) is 0 Å². The molecule has 0 saturated carbocycles. The van der Waals surface area contributed by atoms with Gasteiger partial charge in [0.25, 0.3) is 0 Å². The van der Waals surface area contributed by atoms with E-state index in [4.69, 9.17) is 0 Å². The van der Waals surface area contributed by atoms with Crippen LogP contribution in [0, 0.1) is 0 Å². The van der Waals surface area contributed by atoms with Crippen LogP contribution in [0.1, 0.15) is 30.0 Å². The topological polar surface area (TPSA) is 15.3 Å². The minimum Gasteiger partial charge on any atom is -0.378 e. The van der Waals surface area contributed by atoms with Crippen molar-refractivity contribution in [3.8, 4) is 11.1 Å². The van der Waals surface area contributed by atoms with Crippen LogP contribution in [0.2, 0.25) is 0 Å². The molecule has 1 aliphatic rings. The summed E-state index contributed by atoms with van der Waals surface area (Å²) in [6.07, 6.45) is 3.74. The van der Waals surface area contributed by atoms with Crippen LogP contribution in [0.5, 0.6) is 0 Å². The van der Waals surface area contributed by atoms with Gasteiger partial charge in [-0.15, -0.1) is 0 Å². The van der Waals surface area contributed by atoms with Gasteiger partial charge < -0.3 is 10.2 Å². The highest BCUT2D eigenvalue weighted by Gasteiger charge is 2.19. The third-order valence-electron chi connectivity index (χ3n) is 4.50. The maximum absolute atomic E-state index is 3.46. The van der Waals surface area contributed by atoms with Crippen molar-refractivity contribution in [2.24, 2.45) is 0 Å². The second kappa shape index (κ2) is 5.90. The Morgan fingerprint density at radius 1 is 1.05 bits per heavy atom. The third-order valence-corrected chi connectivity index (χ3v) is 4.50. The van der Waals surface area contributed by atoms with E-state index in [1.54, 1.807) is 0 Å². The smallest absolute Gasteiger partial charge is 0.0367 e. The molecule has 2 aromatic carbocycles. The maximum atomic E-state index is 3.46. The van der Waals surface area contributed by atoms with E-state index < -0.39 is 0 Å². The summed E-state index contributed by atoms with van der Waals surface area (Å²) >= 11 is 0. The van der Waals surface area contributed by atoms with Crippen molar-refractivity contribution in [2.75, 3.05) is 26.0 Å². The standard InChI is InChI=1S/C19H24N2/c1-20-19-9-5-6-14-10-11-16(13-18(14)19)15-7-4-8-17(12-15)21(2)3/h4,7-8,10-13,19-20H,5-6,9H2,1-3H3. The van der Waals surface area contributed by atoms with Crippen LogP contribution in [0.4, 0.5) is 5.69 Å². The molecule has 0 amide bonds. The molecule has 0 fully saturated rings. The lowest BCUT2D eigenvalue weighted by Gasteiger charge is -2.26. The lowest BCUT2D eigenvalue weighted by atomic mass is 9.85. The summed E-state index contributed by atoms with van der Waals surface area (Å²) in [5, 5.41) is 3.46. The molecule has 1 aliphatic carbocycles. The van der Waals surface area contributed by atoms with Crippen LogP contribution in [0.3, 0.4) is 0 Å². The molecule has 1 unspecified atom stereocenters. The lowest BCUT2D eigenvalue weighted by molar-refractivity contribution is 0.497. The first-order valence-corrected chi connectivity index (χ1v) is 7.77. The molecule has 3 rings (SSSR count). The molecule has 1 N–H and O–H groups in total. The van der Waals surface area contributed by atoms with Gasteiger partial charge in [0.15, 0.2) is 0 Å². The summed E-state index contributed by atoms with van der Waals surface area (Å²) in [5.74, 6) is 0. The summed E-state index contributed by atoms with van der Waals surface area (Å²) in [6.45, 7) is 0. The number of nitrogens with one attached hydrogen (secondary N) is 1. The van der Waals surface area contributed by atoms with Crippen molar-refractivity contribution >= 4 is 5.69 Å². The van der Waals surface area contributed by atoms with Gasteiger partial charge in [-0.2, -0.15) is 0 Å². The molecule has 0 saturated heterocycles. The molecule has 0 spiro atoms. The normalized spacial score (nSPS) is 17.4. The number of hydrogen-bond acceptors (Lipinski definition) is 2. The second-order valence-corrected chi connectivity index (χ2v) is 6.09. The van der Waals surface area contributed by atoms with Gasteiger partial charge in [0, 0.05) is 25.8 Å².